The van der Waals surface area contributed by atoms with Crippen LogP contribution in [0.25, 0.3) is 10.8 Å². The molecular formula is C14H12. The molecular weight excluding hydrogens is 168 g/mol. The second kappa shape index (κ2) is 3.55. The van der Waals surface area contributed by atoms with Gasteiger partial charge in [0.1, 0.15) is 0 Å². The summed E-state index contributed by atoms with van der Waals surface area (Å²) in [5.74, 6) is 5.97. The Kier molecular flexibility index (Phi) is 2.24. The highest BCUT2D eigenvalue weighted by Crippen LogP contribution is 2.17. The van der Waals surface area contributed by atoms with Gasteiger partial charge in [-0.3, -0.25) is 0 Å². The van der Waals surface area contributed by atoms with Gasteiger partial charge >= 0.3 is 0 Å². The van der Waals surface area contributed by atoms with E-state index in [-0.39, 0.29) is 0 Å². The molecule has 0 heterocycles. The predicted molar refractivity (Wildman–Crippen MR) is 61.2 cm³/mol. The maximum Gasteiger partial charge on any atom is 0.0251 e. The van der Waals surface area contributed by atoms with Crippen molar-refractivity contribution >= 4 is 10.8 Å². The van der Waals surface area contributed by atoms with Gasteiger partial charge in [0.25, 0.3) is 0 Å². The smallest absolute Gasteiger partial charge is 0.0251 e. The number of hydrogen-bond acceptors (Lipinski definition) is 0. The minimum absolute atomic E-state index is 1.09. The molecule has 0 unspecified atom stereocenters. The van der Waals surface area contributed by atoms with Crippen molar-refractivity contribution in [2.75, 3.05) is 0 Å². The molecule has 2 aromatic carbocycles. The lowest BCUT2D eigenvalue weighted by molar-refractivity contribution is 1.50. The molecule has 0 radical (unpaired) electrons. The van der Waals surface area contributed by atoms with Crippen LogP contribution in [0.5, 0.6) is 0 Å². The van der Waals surface area contributed by atoms with Crippen LogP contribution in [0.4, 0.5) is 0 Å². The largest absolute Gasteiger partial charge is 0.101 e. The molecule has 0 aliphatic heterocycles. The molecule has 0 bridgehead atoms. The second-order valence-electron chi connectivity index (χ2n) is 3.44. The first-order chi connectivity index (χ1) is 6.79. The normalized spacial score (nSPS) is 9.57. The highest BCUT2D eigenvalue weighted by atomic mass is 14.0. The van der Waals surface area contributed by atoms with Gasteiger partial charge in [-0.05, 0) is 36.8 Å². The standard InChI is InChI=1S/C14H12/c1-3-4-12-6-8-13-9-11(2)5-7-14(13)10-12/h5-10H,1-2H3. The quantitative estimate of drug-likeness (QED) is 0.544. The predicted octanol–water partition coefficient (Wildman–Crippen LogP) is 3.52. The molecule has 0 aromatic heterocycles. The lowest BCUT2D eigenvalue weighted by atomic mass is 10.1. The zero-order valence-corrected chi connectivity index (χ0v) is 8.46. The lowest BCUT2D eigenvalue weighted by Gasteiger charge is -1.99. The summed E-state index contributed by atoms with van der Waals surface area (Å²) in [6.45, 7) is 3.97. The van der Waals surface area contributed by atoms with Crippen LogP contribution in [0.2, 0.25) is 0 Å². The van der Waals surface area contributed by atoms with E-state index >= 15 is 0 Å². The van der Waals surface area contributed by atoms with Crippen LogP contribution in [-0.2, 0) is 0 Å². The highest BCUT2D eigenvalue weighted by Gasteiger charge is 1.94. The molecule has 0 amide bonds. The first-order valence-electron chi connectivity index (χ1n) is 4.73. The topological polar surface area (TPSA) is 0 Å². The van der Waals surface area contributed by atoms with Gasteiger partial charge < -0.3 is 0 Å². The van der Waals surface area contributed by atoms with Crippen molar-refractivity contribution in [3.05, 3.63) is 47.5 Å². The van der Waals surface area contributed by atoms with Crippen LogP contribution < -0.4 is 0 Å². The highest BCUT2D eigenvalue weighted by molar-refractivity contribution is 5.84. The summed E-state index contributed by atoms with van der Waals surface area (Å²) in [4.78, 5) is 0. The van der Waals surface area contributed by atoms with Crippen molar-refractivity contribution in [2.45, 2.75) is 13.8 Å². The van der Waals surface area contributed by atoms with Crippen molar-refractivity contribution in [2.24, 2.45) is 0 Å². The molecule has 0 aliphatic carbocycles. The van der Waals surface area contributed by atoms with E-state index in [4.69, 9.17) is 0 Å². The van der Waals surface area contributed by atoms with Crippen LogP contribution in [0.1, 0.15) is 18.1 Å². The van der Waals surface area contributed by atoms with E-state index in [9.17, 15) is 0 Å². The fourth-order valence-corrected chi connectivity index (χ4v) is 1.59. The fraction of sp³-hybridized carbons (Fsp3) is 0.143. The lowest BCUT2D eigenvalue weighted by Crippen LogP contribution is -1.78. The second-order valence-corrected chi connectivity index (χ2v) is 3.44. The molecule has 0 nitrogen and oxygen atoms in total. The SMILES string of the molecule is CC#Cc1ccc2cc(C)ccc2c1. The Bertz CT molecular complexity index is 524. The van der Waals surface area contributed by atoms with Crippen molar-refractivity contribution in [1.82, 2.24) is 0 Å². The Morgan fingerprint density at radius 1 is 0.929 bits per heavy atom. The van der Waals surface area contributed by atoms with Gasteiger partial charge in [0.15, 0.2) is 0 Å². The molecule has 0 saturated heterocycles. The van der Waals surface area contributed by atoms with E-state index in [1.54, 1.807) is 0 Å². The average Bonchev–Trinajstić information content (AvgIpc) is 2.19. The van der Waals surface area contributed by atoms with Crippen molar-refractivity contribution in [3.63, 3.8) is 0 Å². The summed E-state index contributed by atoms with van der Waals surface area (Å²) >= 11 is 0. The Labute approximate surface area is 84.6 Å². The summed E-state index contributed by atoms with van der Waals surface area (Å²) < 4.78 is 0. The third-order valence-electron chi connectivity index (χ3n) is 2.27. The molecule has 0 atom stereocenters. The number of hydrogen-bond donors (Lipinski definition) is 0. The van der Waals surface area contributed by atoms with Crippen LogP contribution in [0.3, 0.4) is 0 Å². The molecule has 0 spiro atoms. The maximum absolute atomic E-state index is 3.06. The minimum Gasteiger partial charge on any atom is -0.101 e. The van der Waals surface area contributed by atoms with Crippen LogP contribution in [0, 0.1) is 18.8 Å². The van der Waals surface area contributed by atoms with E-state index < -0.39 is 0 Å². The molecule has 0 saturated carbocycles. The van der Waals surface area contributed by atoms with Gasteiger partial charge in [0.05, 0.1) is 0 Å². The van der Waals surface area contributed by atoms with Gasteiger partial charge in [-0.1, -0.05) is 35.7 Å². The van der Waals surface area contributed by atoms with E-state index in [2.05, 4.69) is 55.2 Å². The molecule has 0 N–H and O–H groups in total. The Hall–Kier alpha value is -1.74. The Balaban J connectivity index is 2.65. The van der Waals surface area contributed by atoms with Gasteiger partial charge in [0, 0.05) is 5.56 Å². The first kappa shape index (κ1) is 8.84. The van der Waals surface area contributed by atoms with Gasteiger partial charge in [-0.15, -0.1) is 5.92 Å². The fourth-order valence-electron chi connectivity index (χ4n) is 1.59. The van der Waals surface area contributed by atoms with Crippen molar-refractivity contribution in [1.29, 1.82) is 0 Å². The number of rotatable bonds is 0. The summed E-state index contributed by atoms with van der Waals surface area (Å²) in [7, 11) is 0. The number of benzene rings is 2. The molecule has 68 valence electrons. The third kappa shape index (κ3) is 1.63. The summed E-state index contributed by atoms with van der Waals surface area (Å²) in [6, 6.07) is 12.8. The summed E-state index contributed by atoms with van der Waals surface area (Å²) in [5.41, 5.74) is 2.38. The van der Waals surface area contributed by atoms with Crippen LogP contribution >= 0.6 is 0 Å². The van der Waals surface area contributed by atoms with E-state index in [0.717, 1.165) is 5.56 Å². The first-order valence-corrected chi connectivity index (χ1v) is 4.73. The summed E-state index contributed by atoms with van der Waals surface area (Å²) in [5, 5.41) is 2.54. The van der Waals surface area contributed by atoms with Gasteiger partial charge in [-0.25, -0.2) is 0 Å². The Morgan fingerprint density at radius 2 is 1.64 bits per heavy atom. The average molecular weight is 180 g/mol. The Morgan fingerprint density at radius 3 is 2.43 bits per heavy atom. The molecule has 0 aliphatic rings. The zero-order valence-electron chi connectivity index (χ0n) is 8.46. The van der Waals surface area contributed by atoms with E-state index in [0.29, 0.717) is 0 Å². The molecule has 2 rings (SSSR count). The molecule has 0 fully saturated rings. The van der Waals surface area contributed by atoms with Crippen molar-refractivity contribution < 1.29 is 0 Å². The minimum atomic E-state index is 1.09. The molecule has 2 aromatic rings. The molecule has 0 heteroatoms. The maximum atomic E-state index is 3.06. The number of fused-ring (bicyclic) bond motifs is 1. The van der Waals surface area contributed by atoms with Gasteiger partial charge in [-0.2, -0.15) is 0 Å². The van der Waals surface area contributed by atoms with E-state index in [1.807, 2.05) is 6.92 Å². The van der Waals surface area contributed by atoms with Crippen molar-refractivity contribution in [3.8, 4) is 11.8 Å². The van der Waals surface area contributed by atoms with E-state index in [1.165, 1.54) is 16.3 Å². The monoisotopic (exact) mass is 180 g/mol. The number of aryl methyl sites for hydroxylation is 1. The zero-order chi connectivity index (χ0) is 9.97. The molecule has 14 heavy (non-hydrogen) atoms. The van der Waals surface area contributed by atoms with Crippen LogP contribution in [0.15, 0.2) is 36.4 Å². The van der Waals surface area contributed by atoms with Gasteiger partial charge in [0.2, 0.25) is 0 Å². The summed E-state index contributed by atoms with van der Waals surface area (Å²) in [6.07, 6.45) is 0. The third-order valence-corrected chi connectivity index (χ3v) is 2.27. The van der Waals surface area contributed by atoms with Crippen LogP contribution in [-0.4, -0.2) is 0 Å².